The predicted octanol–water partition coefficient (Wildman–Crippen LogP) is 2.53. The molecule has 1 heterocycles. The van der Waals surface area contributed by atoms with Crippen LogP contribution in [0.4, 0.5) is 5.69 Å². The number of aryl methyl sites for hydroxylation is 1. The van der Waals surface area contributed by atoms with Crippen LogP contribution in [0.3, 0.4) is 0 Å². The van der Waals surface area contributed by atoms with Crippen LogP contribution < -0.4 is 14.8 Å². The van der Waals surface area contributed by atoms with E-state index in [0.29, 0.717) is 6.54 Å². The number of anilines is 1. The molecule has 1 N–H and O–H groups in total. The van der Waals surface area contributed by atoms with Crippen LogP contribution in [0.25, 0.3) is 0 Å². The Labute approximate surface area is 113 Å². The van der Waals surface area contributed by atoms with Crippen LogP contribution in [0.2, 0.25) is 0 Å². The molecular weight excluding hydrogens is 242 g/mol. The van der Waals surface area contributed by atoms with Gasteiger partial charge in [0.1, 0.15) is 11.5 Å². The zero-order valence-electron chi connectivity index (χ0n) is 11.5. The highest BCUT2D eigenvalue weighted by Gasteiger charge is 2.05. The van der Waals surface area contributed by atoms with Crippen molar-refractivity contribution in [2.45, 2.75) is 20.0 Å². The largest absolute Gasteiger partial charge is 0.497 e. The van der Waals surface area contributed by atoms with E-state index in [-0.39, 0.29) is 0 Å². The zero-order valence-corrected chi connectivity index (χ0v) is 11.5. The molecule has 2 aromatic rings. The molecule has 0 saturated heterocycles. The summed E-state index contributed by atoms with van der Waals surface area (Å²) < 4.78 is 12.4. The highest BCUT2D eigenvalue weighted by atomic mass is 16.5. The summed E-state index contributed by atoms with van der Waals surface area (Å²) in [4.78, 5) is 0. The van der Waals surface area contributed by atoms with Crippen molar-refractivity contribution in [2.24, 2.45) is 0 Å². The third-order valence-electron chi connectivity index (χ3n) is 2.89. The number of ether oxygens (including phenoxy) is 2. The minimum Gasteiger partial charge on any atom is -0.497 e. The standard InChI is InChI=1S/C14H19N3O2/c1-4-17-8-7-11(16-17)10-15-13-9-12(18-2)5-6-14(13)19-3/h5-9,15H,4,10H2,1-3H3. The van der Waals surface area contributed by atoms with E-state index in [1.807, 2.05) is 35.1 Å². The van der Waals surface area contributed by atoms with Crippen LogP contribution in [0, 0.1) is 0 Å². The first-order valence-electron chi connectivity index (χ1n) is 6.25. The van der Waals surface area contributed by atoms with Crippen molar-refractivity contribution in [3.8, 4) is 11.5 Å². The molecule has 0 spiro atoms. The van der Waals surface area contributed by atoms with Crippen molar-refractivity contribution < 1.29 is 9.47 Å². The van der Waals surface area contributed by atoms with E-state index in [1.54, 1.807) is 14.2 Å². The molecule has 0 radical (unpaired) electrons. The number of nitrogens with zero attached hydrogens (tertiary/aromatic N) is 2. The van der Waals surface area contributed by atoms with Crippen molar-refractivity contribution >= 4 is 5.69 Å². The van der Waals surface area contributed by atoms with Gasteiger partial charge in [0.25, 0.3) is 0 Å². The van der Waals surface area contributed by atoms with Gasteiger partial charge in [0, 0.05) is 18.8 Å². The van der Waals surface area contributed by atoms with Gasteiger partial charge in [-0.05, 0) is 25.1 Å². The maximum Gasteiger partial charge on any atom is 0.142 e. The second-order valence-corrected chi connectivity index (χ2v) is 4.08. The quantitative estimate of drug-likeness (QED) is 0.868. The number of aromatic nitrogens is 2. The summed E-state index contributed by atoms with van der Waals surface area (Å²) in [5.74, 6) is 1.58. The Morgan fingerprint density at radius 3 is 2.68 bits per heavy atom. The van der Waals surface area contributed by atoms with E-state index >= 15 is 0 Å². The lowest BCUT2D eigenvalue weighted by Gasteiger charge is -2.11. The summed E-state index contributed by atoms with van der Waals surface area (Å²) >= 11 is 0. The topological polar surface area (TPSA) is 48.3 Å². The molecule has 0 amide bonds. The summed E-state index contributed by atoms with van der Waals surface area (Å²) in [5, 5.41) is 7.74. The first-order valence-corrected chi connectivity index (χ1v) is 6.25. The minimum atomic E-state index is 0.649. The lowest BCUT2D eigenvalue weighted by molar-refractivity contribution is 0.404. The Bertz CT molecular complexity index is 537. The summed E-state index contributed by atoms with van der Waals surface area (Å²) in [6.45, 7) is 3.59. The van der Waals surface area contributed by atoms with E-state index in [4.69, 9.17) is 9.47 Å². The van der Waals surface area contributed by atoms with Gasteiger partial charge >= 0.3 is 0 Å². The van der Waals surface area contributed by atoms with Gasteiger partial charge in [0.2, 0.25) is 0 Å². The van der Waals surface area contributed by atoms with E-state index in [0.717, 1.165) is 29.4 Å². The average molecular weight is 261 g/mol. The molecule has 0 fully saturated rings. The molecule has 0 unspecified atom stereocenters. The molecule has 5 heteroatoms. The number of hydrogen-bond donors (Lipinski definition) is 1. The Balaban J connectivity index is 2.09. The number of methoxy groups -OCH3 is 2. The third kappa shape index (κ3) is 3.19. The number of nitrogens with one attached hydrogen (secondary N) is 1. The van der Waals surface area contributed by atoms with E-state index < -0.39 is 0 Å². The number of benzene rings is 1. The molecule has 0 atom stereocenters. The highest BCUT2D eigenvalue weighted by Crippen LogP contribution is 2.29. The summed E-state index contributed by atoms with van der Waals surface area (Å²) in [7, 11) is 3.30. The fourth-order valence-corrected chi connectivity index (χ4v) is 1.81. The van der Waals surface area contributed by atoms with Crippen molar-refractivity contribution in [3.05, 3.63) is 36.2 Å². The molecule has 0 aliphatic rings. The van der Waals surface area contributed by atoms with Crippen LogP contribution >= 0.6 is 0 Å². The van der Waals surface area contributed by atoms with E-state index in [1.165, 1.54) is 0 Å². The Morgan fingerprint density at radius 1 is 1.21 bits per heavy atom. The molecule has 0 aliphatic carbocycles. The van der Waals surface area contributed by atoms with Gasteiger partial charge in [-0.15, -0.1) is 0 Å². The molecule has 5 nitrogen and oxygen atoms in total. The van der Waals surface area contributed by atoms with Crippen LogP contribution in [0.5, 0.6) is 11.5 Å². The molecule has 0 bridgehead atoms. The molecule has 0 aliphatic heterocycles. The van der Waals surface area contributed by atoms with Crippen LogP contribution in [0.15, 0.2) is 30.5 Å². The van der Waals surface area contributed by atoms with E-state index in [9.17, 15) is 0 Å². The molecule has 1 aromatic carbocycles. The van der Waals surface area contributed by atoms with Gasteiger partial charge in [0.05, 0.1) is 32.1 Å². The Hall–Kier alpha value is -2.17. The van der Waals surface area contributed by atoms with E-state index in [2.05, 4.69) is 17.3 Å². The second kappa shape index (κ2) is 6.13. The lowest BCUT2D eigenvalue weighted by Crippen LogP contribution is -2.03. The minimum absolute atomic E-state index is 0.649. The molecule has 0 saturated carbocycles. The van der Waals surface area contributed by atoms with Gasteiger partial charge in [0.15, 0.2) is 0 Å². The van der Waals surface area contributed by atoms with Gasteiger partial charge in [-0.3, -0.25) is 4.68 Å². The molecule has 2 rings (SSSR count). The fraction of sp³-hybridized carbons (Fsp3) is 0.357. The van der Waals surface area contributed by atoms with Crippen LogP contribution in [-0.2, 0) is 13.1 Å². The third-order valence-corrected chi connectivity index (χ3v) is 2.89. The fourth-order valence-electron chi connectivity index (χ4n) is 1.81. The summed E-state index contributed by atoms with van der Waals surface area (Å²) in [6.07, 6.45) is 1.97. The van der Waals surface area contributed by atoms with Crippen molar-refractivity contribution in [2.75, 3.05) is 19.5 Å². The lowest BCUT2D eigenvalue weighted by atomic mass is 10.2. The molecule has 102 valence electrons. The maximum atomic E-state index is 5.32. The van der Waals surface area contributed by atoms with Gasteiger partial charge in [-0.25, -0.2) is 0 Å². The highest BCUT2D eigenvalue weighted by molar-refractivity contribution is 5.59. The first kappa shape index (κ1) is 13.3. The predicted molar refractivity (Wildman–Crippen MR) is 74.8 cm³/mol. The molecule has 1 aromatic heterocycles. The Morgan fingerprint density at radius 2 is 2.05 bits per heavy atom. The Kier molecular flexibility index (Phi) is 4.28. The van der Waals surface area contributed by atoms with Gasteiger partial charge in [-0.2, -0.15) is 5.10 Å². The van der Waals surface area contributed by atoms with Gasteiger partial charge in [-0.1, -0.05) is 0 Å². The summed E-state index contributed by atoms with van der Waals surface area (Å²) in [5.41, 5.74) is 1.89. The first-order chi connectivity index (χ1) is 9.26. The van der Waals surface area contributed by atoms with Crippen molar-refractivity contribution in [1.29, 1.82) is 0 Å². The van der Waals surface area contributed by atoms with Crippen molar-refractivity contribution in [3.63, 3.8) is 0 Å². The van der Waals surface area contributed by atoms with Gasteiger partial charge < -0.3 is 14.8 Å². The SMILES string of the molecule is CCn1ccc(CNc2cc(OC)ccc2OC)n1. The smallest absolute Gasteiger partial charge is 0.142 e. The average Bonchev–Trinajstić information content (AvgIpc) is 2.92. The number of hydrogen-bond acceptors (Lipinski definition) is 4. The molecular formula is C14H19N3O2. The van der Waals surface area contributed by atoms with Crippen LogP contribution in [0.1, 0.15) is 12.6 Å². The zero-order chi connectivity index (χ0) is 13.7. The van der Waals surface area contributed by atoms with Crippen LogP contribution in [-0.4, -0.2) is 24.0 Å². The number of rotatable bonds is 6. The summed E-state index contributed by atoms with van der Waals surface area (Å²) in [6, 6.07) is 7.67. The maximum absolute atomic E-state index is 5.32. The normalized spacial score (nSPS) is 10.3. The molecule has 19 heavy (non-hydrogen) atoms. The van der Waals surface area contributed by atoms with Crippen molar-refractivity contribution in [1.82, 2.24) is 9.78 Å². The second-order valence-electron chi connectivity index (χ2n) is 4.08. The monoisotopic (exact) mass is 261 g/mol.